The van der Waals surface area contributed by atoms with Crippen molar-refractivity contribution in [3.8, 4) is 0 Å². The van der Waals surface area contributed by atoms with Gasteiger partial charge in [-0.15, -0.1) is 0 Å². The van der Waals surface area contributed by atoms with Gasteiger partial charge >= 0.3 is 0 Å². The van der Waals surface area contributed by atoms with Crippen molar-refractivity contribution >= 4 is 0 Å². The highest BCUT2D eigenvalue weighted by Crippen LogP contribution is 2.40. The number of hydrogen-bond donors (Lipinski definition) is 0. The van der Waals surface area contributed by atoms with Crippen LogP contribution in [0, 0.1) is 5.92 Å². The van der Waals surface area contributed by atoms with E-state index in [1.165, 1.54) is 12.8 Å². The van der Waals surface area contributed by atoms with Crippen LogP contribution in [0.1, 0.15) is 30.2 Å². The van der Waals surface area contributed by atoms with Crippen molar-refractivity contribution in [2.45, 2.75) is 31.8 Å². The molecule has 0 aromatic carbocycles. The van der Waals surface area contributed by atoms with E-state index in [4.69, 9.17) is 4.52 Å². The predicted octanol–water partition coefficient (Wildman–Crippen LogP) is 1.24. The van der Waals surface area contributed by atoms with Crippen LogP contribution in [0.5, 0.6) is 0 Å². The fourth-order valence-corrected chi connectivity index (χ4v) is 2.88. The SMILES string of the molecule is O=c1cccnn1CC1CN(Cc2cc(C3CC3)on2)C1. The van der Waals surface area contributed by atoms with Crippen molar-refractivity contribution in [3.05, 3.63) is 46.2 Å². The molecule has 1 aliphatic carbocycles. The van der Waals surface area contributed by atoms with E-state index in [1.54, 1.807) is 23.0 Å². The molecular formula is C15H18N4O2. The van der Waals surface area contributed by atoms with Gasteiger partial charge in [0.15, 0.2) is 0 Å². The Bertz CT molecular complexity index is 683. The third-order valence-corrected chi connectivity index (χ3v) is 4.19. The maximum Gasteiger partial charge on any atom is 0.266 e. The molecule has 4 rings (SSSR count). The average molecular weight is 286 g/mol. The van der Waals surface area contributed by atoms with E-state index in [0.29, 0.717) is 18.4 Å². The summed E-state index contributed by atoms with van der Waals surface area (Å²) in [7, 11) is 0. The Morgan fingerprint density at radius 3 is 2.95 bits per heavy atom. The zero-order chi connectivity index (χ0) is 14.2. The molecule has 1 saturated carbocycles. The summed E-state index contributed by atoms with van der Waals surface area (Å²) in [5.41, 5.74) is 0.992. The highest BCUT2D eigenvalue weighted by atomic mass is 16.5. The Morgan fingerprint density at radius 1 is 1.33 bits per heavy atom. The van der Waals surface area contributed by atoms with Crippen LogP contribution in [0.15, 0.2) is 33.7 Å². The minimum atomic E-state index is -0.0264. The van der Waals surface area contributed by atoms with Crippen LogP contribution < -0.4 is 5.56 Å². The summed E-state index contributed by atoms with van der Waals surface area (Å²) in [6.45, 7) is 3.50. The Hall–Kier alpha value is -1.95. The van der Waals surface area contributed by atoms with Gasteiger partial charge in [0.25, 0.3) is 5.56 Å². The molecule has 110 valence electrons. The number of nitrogens with zero attached hydrogens (tertiary/aromatic N) is 4. The Balaban J connectivity index is 1.29. The standard InChI is InChI=1S/C15H18N4O2/c20-15-2-1-5-16-19(15)9-11-7-18(8-11)10-13-6-14(21-17-13)12-3-4-12/h1-2,5-6,11-12H,3-4,7-10H2. The molecule has 0 bridgehead atoms. The zero-order valence-corrected chi connectivity index (χ0v) is 11.8. The van der Waals surface area contributed by atoms with Crippen molar-refractivity contribution in [1.82, 2.24) is 19.8 Å². The van der Waals surface area contributed by atoms with Crippen LogP contribution >= 0.6 is 0 Å². The van der Waals surface area contributed by atoms with Crippen molar-refractivity contribution in [1.29, 1.82) is 0 Å². The summed E-state index contributed by atoms with van der Waals surface area (Å²) in [5, 5.41) is 8.24. The molecule has 2 aliphatic rings. The van der Waals surface area contributed by atoms with E-state index < -0.39 is 0 Å². The molecule has 6 nitrogen and oxygen atoms in total. The van der Waals surface area contributed by atoms with Crippen LogP contribution in [0.3, 0.4) is 0 Å². The molecule has 1 aliphatic heterocycles. The zero-order valence-electron chi connectivity index (χ0n) is 11.8. The number of hydrogen-bond acceptors (Lipinski definition) is 5. The molecule has 0 radical (unpaired) electrons. The second kappa shape index (κ2) is 5.11. The highest BCUT2D eigenvalue weighted by Gasteiger charge is 2.30. The van der Waals surface area contributed by atoms with Gasteiger partial charge in [0, 0.05) is 49.8 Å². The Morgan fingerprint density at radius 2 is 2.19 bits per heavy atom. The number of likely N-dealkylation sites (tertiary alicyclic amines) is 1. The topological polar surface area (TPSA) is 64.2 Å². The molecule has 2 aromatic rings. The van der Waals surface area contributed by atoms with Gasteiger partial charge in [0.1, 0.15) is 5.76 Å². The molecule has 21 heavy (non-hydrogen) atoms. The quantitative estimate of drug-likeness (QED) is 0.827. The summed E-state index contributed by atoms with van der Waals surface area (Å²) in [5.74, 6) is 2.15. The molecule has 2 fully saturated rings. The normalized spacial score (nSPS) is 19.6. The van der Waals surface area contributed by atoms with E-state index in [2.05, 4.69) is 21.2 Å². The van der Waals surface area contributed by atoms with Crippen LogP contribution in [-0.2, 0) is 13.1 Å². The van der Waals surface area contributed by atoms with E-state index in [0.717, 1.165) is 31.1 Å². The third-order valence-electron chi connectivity index (χ3n) is 4.19. The summed E-state index contributed by atoms with van der Waals surface area (Å²) >= 11 is 0. The van der Waals surface area contributed by atoms with Crippen LogP contribution in [0.4, 0.5) is 0 Å². The molecule has 0 spiro atoms. The van der Waals surface area contributed by atoms with Gasteiger partial charge in [0.05, 0.1) is 12.2 Å². The van der Waals surface area contributed by atoms with Gasteiger partial charge in [-0.2, -0.15) is 5.10 Å². The first kappa shape index (κ1) is 12.8. The molecule has 0 unspecified atom stereocenters. The van der Waals surface area contributed by atoms with Crippen LogP contribution in [0.2, 0.25) is 0 Å². The molecule has 3 heterocycles. The van der Waals surface area contributed by atoms with Gasteiger partial charge in [-0.3, -0.25) is 9.69 Å². The molecule has 2 aromatic heterocycles. The lowest BCUT2D eigenvalue weighted by Crippen LogP contribution is -2.48. The van der Waals surface area contributed by atoms with Crippen molar-refractivity contribution < 1.29 is 4.52 Å². The number of rotatable bonds is 5. The highest BCUT2D eigenvalue weighted by molar-refractivity contribution is 5.14. The smallest absolute Gasteiger partial charge is 0.266 e. The van der Waals surface area contributed by atoms with E-state index in [1.807, 2.05) is 0 Å². The molecule has 6 heteroatoms. The van der Waals surface area contributed by atoms with Gasteiger partial charge in [-0.1, -0.05) is 5.16 Å². The molecule has 0 amide bonds. The molecular weight excluding hydrogens is 268 g/mol. The van der Waals surface area contributed by atoms with E-state index in [-0.39, 0.29) is 5.56 Å². The maximum atomic E-state index is 11.6. The second-order valence-electron chi connectivity index (χ2n) is 6.10. The maximum absolute atomic E-state index is 11.6. The van der Waals surface area contributed by atoms with E-state index >= 15 is 0 Å². The lowest BCUT2D eigenvalue weighted by atomic mass is 10.00. The van der Waals surface area contributed by atoms with Crippen molar-refractivity contribution in [3.63, 3.8) is 0 Å². The summed E-state index contributed by atoms with van der Waals surface area (Å²) in [6.07, 6.45) is 4.13. The summed E-state index contributed by atoms with van der Waals surface area (Å²) in [4.78, 5) is 13.9. The van der Waals surface area contributed by atoms with E-state index in [9.17, 15) is 4.79 Å². The lowest BCUT2D eigenvalue weighted by Gasteiger charge is -2.38. The molecule has 0 N–H and O–H groups in total. The fourth-order valence-electron chi connectivity index (χ4n) is 2.88. The van der Waals surface area contributed by atoms with Crippen molar-refractivity contribution in [2.75, 3.05) is 13.1 Å². The first-order chi connectivity index (χ1) is 10.3. The lowest BCUT2D eigenvalue weighted by molar-refractivity contribution is 0.0743. The average Bonchev–Trinajstić information content (AvgIpc) is 3.19. The Kier molecular flexibility index (Phi) is 3.11. The largest absolute Gasteiger partial charge is 0.361 e. The minimum absolute atomic E-state index is 0.0264. The first-order valence-electron chi connectivity index (χ1n) is 7.48. The summed E-state index contributed by atoms with van der Waals surface area (Å²) in [6, 6.07) is 5.32. The van der Waals surface area contributed by atoms with Gasteiger partial charge in [-0.05, 0) is 18.9 Å². The first-order valence-corrected chi connectivity index (χ1v) is 7.48. The van der Waals surface area contributed by atoms with Gasteiger partial charge in [0.2, 0.25) is 0 Å². The number of aromatic nitrogens is 3. The van der Waals surface area contributed by atoms with Crippen LogP contribution in [0.25, 0.3) is 0 Å². The van der Waals surface area contributed by atoms with Crippen molar-refractivity contribution in [2.24, 2.45) is 5.92 Å². The minimum Gasteiger partial charge on any atom is -0.361 e. The van der Waals surface area contributed by atoms with Gasteiger partial charge < -0.3 is 4.52 Å². The van der Waals surface area contributed by atoms with Gasteiger partial charge in [-0.25, -0.2) is 4.68 Å². The van der Waals surface area contributed by atoms with Crippen LogP contribution in [-0.4, -0.2) is 32.9 Å². The third kappa shape index (κ3) is 2.76. The predicted molar refractivity (Wildman–Crippen MR) is 75.7 cm³/mol. The monoisotopic (exact) mass is 286 g/mol. The molecule has 1 saturated heterocycles. The Labute approximate surface area is 122 Å². The fraction of sp³-hybridized carbons (Fsp3) is 0.533. The summed E-state index contributed by atoms with van der Waals surface area (Å²) < 4.78 is 6.91. The molecule has 0 atom stereocenters. The second-order valence-corrected chi connectivity index (χ2v) is 6.10.